The first-order valence-corrected chi connectivity index (χ1v) is 11.3. The molecule has 3 aromatic heterocycles. The van der Waals surface area contributed by atoms with Crippen LogP contribution in [0.5, 0.6) is 11.5 Å². The average molecular weight is 495 g/mol. The Morgan fingerprint density at radius 1 is 1.11 bits per heavy atom. The third-order valence-corrected chi connectivity index (χ3v) is 5.86. The van der Waals surface area contributed by atoms with Crippen molar-refractivity contribution in [2.75, 3.05) is 26.1 Å². The predicted octanol–water partition coefficient (Wildman–Crippen LogP) is 4.03. The van der Waals surface area contributed by atoms with Crippen molar-refractivity contribution in [3.63, 3.8) is 0 Å². The van der Waals surface area contributed by atoms with E-state index in [2.05, 4.69) is 20.5 Å². The van der Waals surface area contributed by atoms with Crippen LogP contribution in [0.4, 0.5) is 14.6 Å². The second-order valence-corrected chi connectivity index (χ2v) is 8.64. The van der Waals surface area contributed by atoms with Crippen LogP contribution < -0.4 is 19.7 Å². The number of nitrogens with zero attached hydrogens (tertiary/aromatic N) is 5. The van der Waals surface area contributed by atoms with E-state index in [0.717, 1.165) is 24.2 Å². The monoisotopic (exact) mass is 494 g/mol. The fourth-order valence-electron chi connectivity index (χ4n) is 3.87. The number of nitrogens with one attached hydrogen (secondary N) is 1. The van der Waals surface area contributed by atoms with E-state index in [0.29, 0.717) is 22.6 Å². The van der Waals surface area contributed by atoms with Crippen molar-refractivity contribution in [3.8, 4) is 34.0 Å². The number of aromatic nitrogens is 4. The highest BCUT2D eigenvalue weighted by Crippen LogP contribution is 2.37. The van der Waals surface area contributed by atoms with Crippen LogP contribution in [0, 0.1) is 0 Å². The third-order valence-electron chi connectivity index (χ3n) is 5.86. The molecule has 0 unspecified atom stereocenters. The summed E-state index contributed by atoms with van der Waals surface area (Å²) in [7, 11) is 5.16. The van der Waals surface area contributed by atoms with Gasteiger partial charge < -0.3 is 19.7 Å². The lowest BCUT2D eigenvalue weighted by Crippen LogP contribution is -2.26. The van der Waals surface area contributed by atoms with Crippen LogP contribution in [0.15, 0.2) is 48.8 Å². The van der Waals surface area contributed by atoms with E-state index >= 15 is 0 Å². The Labute approximate surface area is 205 Å². The minimum atomic E-state index is -3.11. The number of methoxy groups -OCH3 is 1. The van der Waals surface area contributed by atoms with Crippen LogP contribution in [-0.2, 0) is 0 Å². The summed E-state index contributed by atoms with van der Waals surface area (Å²) in [5.41, 5.74) is 3.17. The van der Waals surface area contributed by atoms with E-state index in [1.54, 1.807) is 16.7 Å². The zero-order valence-corrected chi connectivity index (χ0v) is 19.9. The summed E-state index contributed by atoms with van der Waals surface area (Å²) < 4.78 is 38.5. The number of carbonyl (C=O) groups is 1. The van der Waals surface area contributed by atoms with Crippen molar-refractivity contribution >= 4 is 17.4 Å². The Bertz CT molecular complexity index is 1420. The number of hydrogen-bond donors (Lipinski definition) is 1. The van der Waals surface area contributed by atoms with Crippen molar-refractivity contribution in [3.05, 3.63) is 54.4 Å². The molecule has 1 saturated carbocycles. The van der Waals surface area contributed by atoms with Crippen LogP contribution in [0.2, 0.25) is 0 Å². The Balaban J connectivity index is 1.54. The predicted molar refractivity (Wildman–Crippen MR) is 130 cm³/mol. The second kappa shape index (κ2) is 9.40. The molecule has 1 fully saturated rings. The van der Waals surface area contributed by atoms with Gasteiger partial charge in [-0.1, -0.05) is 0 Å². The summed E-state index contributed by atoms with van der Waals surface area (Å²) >= 11 is 0. The summed E-state index contributed by atoms with van der Waals surface area (Å²) in [4.78, 5) is 19.1. The van der Waals surface area contributed by atoms with Gasteiger partial charge in [0.05, 0.1) is 24.7 Å². The SMILES string of the molecule is COc1cc(-c2cnc3cc(-c4ccc(N(C)C)nn4)ccn23)cc(OC(F)F)c1C(=O)NC1CC1. The molecule has 186 valence electrons. The first kappa shape index (κ1) is 23.5. The van der Waals surface area contributed by atoms with Crippen LogP contribution in [-0.4, -0.2) is 59.3 Å². The molecule has 0 atom stereocenters. The summed E-state index contributed by atoms with van der Waals surface area (Å²) in [5.74, 6) is 0.0955. The van der Waals surface area contributed by atoms with E-state index in [9.17, 15) is 13.6 Å². The molecule has 3 heterocycles. The van der Waals surface area contributed by atoms with E-state index in [4.69, 9.17) is 9.47 Å². The molecule has 1 aromatic carbocycles. The zero-order valence-electron chi connectivity index (χ0n) is 19.9. The highest BCUT2D eigenvalue weighted by Gasteiger charge is 2.29. The molecule has 4 aromatic rings. The Morgan fingerprint density at radius 2 is 1.89 bits per heavy atom. The highest BCUT2D eigenvalue weighted by molar-refractivity contribution is 6.01. The summed E-state index contributed by atoms with van der Waals surface area (Å²) in [6.07, 6.45) is 5.13. The molecule has 0 radical (unpaired) electrons. The number of fused-ring (bicyclic) bond motifs is 1. The van der Waals surface area contributed by atoms with Gasteiger partial charge in [0.25, 0.3) is 5.91 Å². The molecule has 5 rings (SSSR count). The fraction of sp³-hybridized carbons (Fsp3) is 0.280. The van der Waals surface area contributed by atoms with Gasteiger partial charge >= 0.3 is 6.61 Å². The molecule has 1 aliphatic rings. The summed E-state index contributed by atoms with van der Waals surface area (Å²) in [5, 5.41) is 11.3. The maximum atomic E-state index is 13.3. The van der Waals surface area contributed by atoms with Crippen molar-refractivity contribution < 1.29 is 23.0 Å². The second-order valence-electron chi connectivity index (χ2n) is 8.64. The number of imidazole rings is 1. The number of rotatable bonds is 8. The molecule has 36 heavy (non-hydrogen) atoms. The third kappa shape index (κ3) is 4.64. The quantitative estimate of drug-likeness (QED) is 0.395. The summed E-state index contributed by atoms with van der Waals surface area (Å²) in [6.45, 7) is -3.11. The number of benzene rings is 1. The number of alkyl halides is 2. The molecular formula is C25H24F2N6O3. The average Bonchev–Trinajstić information content (AvgIpc) is 3.57. The normalized spacial score (nSPS) is 13.2. The number of pyridine rings is 1. The number of amides is 1. The molecular weight excluding hydrogens is 470 g/mol. The van der Waals surface area contributed by atoms with Crippen molar-refractivity contribution in [1.29, 1.82) is 0 Å². The van der Waals surface area contributed by atoms with Crippen molar-refractivity contribution in [1.82, 2.24) is 24.9 Å². The first-order chi connectivity index (χ1) is 17.3. The molecule has 9 nitrogen and oxygen atoms in total. The van der Waals surface area contributed by atoms with Gasteiger partial charge in [0.2, 0.25) is 0 Å². The molecule has 1 N–H and O–H groups in total. The van der Waals surface area contributed by atoms with Gasteiger partial charge in [0.15, 0.2) is 5.82 Å². The molecule has 0 bridgehead atoms. The van der Waals surface area contributed by atoms with Gasteiger partial charge in [-0.25, -0.2) is 4.98 Å². The van der Waals surface area contributed by atoms with Crippen molar-refractivity contribution in [2.24, 2.45) is 0 Å². The minimum absolute atomic E-state index is 0.0398. The van der Waals surface area contributed by atoms with Gasteiger partial charge in [0.1, 0.15) is 22.7 Å². The Hall–Kier alpha value is -4.28. The largest absolute Gasteiger partial charge is 0.496 e. The lowest BCUT2D eigenvalue weighted by atomic mass is 10.1. The van der Waals surface area contributed by atoms with Crippen LogP contribution in [0.25, 0.3) is 28.2 Å². The zero-order chi connectivity index (χ0) is 25.4. The highest BCUT2D eigenvalue weighted by atomic mass is 19.3. The van der Waals surface area contributed by atoms with E-state index in [1.165, 1.54) is 13.2 Å². The van der Waals surface area contributed by atoms with Crippen LogP contribution in [0.1, 0.15) is 23.2 Å². The van der Waals surface area contributed by atoms with Crippen LogP contribution >= 0.6 is 0 Å². The number of halogens is 2. The molecule has 0 saturated heterocycles. The van der Waals surface area contributed by atoms with Gasteiger partial charge in [-0.05, 0) is 49.2 Å². The molecule has 1 amide bonds. The smallest absolute Gasteiger partial charge is 0.387 e. The Morgan fingerprint density at radius 3 is 2.53 bits per heavy atom. The topological polar surface area (TPSA) is 93.9 Å². The Kier molecular flexibility index (Phi) is 6.13. The number of hydrogen-bond acceptors (Lipinski definition) is 7. The minimum Gasteiger partial charge on any atom is -0.496 e. The van der Waals surface area contributed by atoms with Crippen LogP contribution in [0.3, 0.4) is 0 Å². The maximum Gasteiger partial charge on any atom is 0.387 e. The van der Waals surface area contributed by atoms with E-state index in [1.807, 2.05) is 49.5 Å². The van der Waals surface area contributed by atoms with E-state index in [-0.39, 0.29) is 23.1 Å². The molecule has 11 heteroatoms. The van der Waals surface area contributed by atoms with Gasteiger partial charge in [-0.2, -0.15) is 8.78 Å². The summed E-state index contributed by atoms with van der Waals surface area (Å²) in [6, 6.07) is 10.5. The maximum absolute atomic E-state index is 13.3. The molecule has 1 aliphatic carbocycles. The number of carbonyl (C=O) groups excluding carboxylic acids is 1. The lowest BCUT2D eigenvalue weighted by molar-refractivity contribution is -0.0502. The number of ether oxygens (including phenoxy) is 2. The first-order valence-electron chi connectivity index (χ1n) is 11.3. The van der Waals surface area contributed by atoms with Gasteiger partial charge in [0, 0.05) is 37.5 Å². The fourth-order valence-corrected chi connectivity index (χ4v) is 3.87. The standard InChI is InChI=1S/C25H24F2N6O3/c1-32(2)21-7-6-17(30-31-21)14-8-9-33-18(13-28-22(33)12-14)15-10-19(35-3)23(20(11-15)36-25(26)27)24(34)29-16-4-5-16/h6-13,16,25H,4-5H2,1-3H3,(H,29,34). The number of anilines is 1. The van der Waals surface area contributed by atoms with Crippen molar-refractivity contribution in [2.45, 2.75) is 25.5 Å². The van der Waals surface area contributed by atoms with E-state index < -0.39 is 12.5 Å². The van der Waals surface area contributed by atoms with Gasteiger partial charge in [-0.15, -0.1) is 10.2 Å². The lowest BCUT2D eigenvalue weighted by Gasteiger charge is -2.16. The van der Waals surface area contributed by atoms with Gasteiger partial charge in [-0.3, -0.25) is 9.20 Å². The molecule has 0 spiro atoms. The molecule has 0 aliphatic heterocycles.